The Labute approximate surface area is 301 Å². The highest BCUT2D eigenvalue weighted by Gasteiger charge is 2.37. The van der Waals surface area contributed by atoms with Crippen LogP contribution in [0.5, 0.6) is 0 Å². The summed E-state index contributed by atoms with van der Waals surface area (Å²) in [6.45, 7) is 0. The second-order valence-electron chi connectivity index (χ2n) is 11.8. The zero-order chi connectivity index (χ0) is 38.4. The van der Waals surface area contributed by atoms with E-state index in [-0.39, 0.29) is 66.7 Å². The summed E-state index contributed by atoms with van der Waals surface area (Å²) in [7, 11) is 0. The summed E-state index contributed by atoms with van der Waals surface area (Å²) >= 11 is 0. The number of rotatable bonds is 6. The lowest BCUT2D eigenvalue weighted by Gasteiger charge is -2.18. The first-order chi connectivity index (χ1) is 25.9. The van der Waals surface area contributed by atoms with Crippen LogP contribution < -0.4 is 0 Å². The molecule has 0 amide bonds. The molecule has 0 aliphatic rings. The molecule has 2 heterocycles. The molecular weight excluding hydrogens is 710 g/mol. The van der Waals surface area contributed by atoms with Gasteiger partial charge in [0.2, 0.25) is 23.6 Å². The third-order valence-corrected chi connectivity index (χ3v) is 8.66. The fourth-order valence-corrected chi connectivity index (χ4v) is 6.39. The summed E-state index contributed by atoms with van der Waals surface area (Å²) in [5, 5.41) is 39.2. The summed E-state index contributed by atoms with van der Waals surface area (Å²) in [5.41, 5.74) is -2.94. The number of benzene rings is 5. The number of alkyl halides is 6. The van der Waals surface area contributed by atoms with Gasteiger partial charge in [-0.3, -0.25) is 0 Å². The number of nitriles is 4. The highest BCUT2D eigenvalue weighted by molar-refractivity contribution is 6.18. The van der Waals surface area contributed by atoms with Gasteiger partial charge in [-0.2, -0.15) is 47.4 Å². The zero-order valence-electron chi connectivity index (χ0n) is 27.2. The van der Waals surface area contributed by atoms with E-state index in [1.165, 1.54) is 84.9 Å². The van der Waals surface area contributed by atoms with E-state index < -0.39 is 47.1 Å². The van der Waals surface area contributed by atoms with E-state index in [0.717, 1.165) is 12.1 Å². The van der Waals surface area contributed by atoms with Crippen LogP contribution in [0, 0.1) is 45.3 Å². The Hall–Kier alpha value is -7.42. The lowest BCUT2D eigenvalue weighted by molar-refractivity contribution is -0.137. The minimum absolute atomic E-state index is 0.0389. The van der Waals surface area contributed by atoms with Gasteiger partial charge in [0.1, 0.15) is 11.0 Å². The molecule has 0 aliphatic carbocycles. The summed E-state index contributed by atoms with van der Waals surface area (Å²) < 4.78 is 98.6. The SMILES string of the molecule is N#CC(C#N)c1nc2c(-c3ccccc3-c3ccccc3C(F)(F)F)c3oc(C(C#N)C#N)nc3c(-c3ccccc3-c3ccccc3C(F)(F)F)c2o1. The molecule has 0 aliphatic heterocycles. The Balaban J connectivity index is 1.68. The Kier molecular flexibility index (Phi) is 8.61. The molecule has 262 valence electrons. The standard InChI is InChI=1S/C40H18F6N6O2/c41-39(42,43)29-15-7-5-11-25(29)23-9-1-3-13-27(23)31-33-36(54-37(51-33)21(17-47)18-48)32(34-35(31)53-38(52-34)22(19-49)20-50)28-14-4-2-10-24(28)26-12-6-8-16-30(26)40(44,45)46/h1-16,21-22H. The average molecular weight is 729 g/mol. The van der Waals surface area contributed by atoms with Gasteiger partial charge < -0.3 is 8.83 Å². The Morgan fingerprint density at radius 1 is 0.444 bits per heavy atom. The van der Waals surface area contributed by atoms with Crippen molar-refractivity contribution in [2.24, 2.45) is 0 Å². The lowest BCUT2D eigenvalue weighted by atomic mass is 9.87. The van der Waals surface area contributed by atoms with Crippen molar-refractivity contribution in [3.05, 3.63) is 120 Å². The summed E-state index contributed by atoms with van der Waals surface area (Å²) in [6.07, 6.45) is -9.57. The molecule has 0 saturated heterocycles. The van der Waals surface area contributed by atoms with E-state index in [2.05, 4.69) is 9.97 Å². The van der Waals surface area contributed by atoms with Crippen molar-refractivity contribution in [2.45, 2.75) is 24.2 Å². The smallest absolute Gasteiger partial charge is 0.417 e. The largest absolute Gasteiger partial charge is 0.437 e. The Morgan fingerprint density at radius 2 is 0.741 bits per heavy atom. The minimum Gasteiger partial charge on any atom is -0.437 e. The number of hydrogen-bond acceptors (Lipinski definition) is 8. The summed E-state index contributed by atoms with van der Waals surface area (Å²) in [4.78, 5) is 8.99. The molecule has 0 atom stereocenters. The van der Waals surface area contributed by atoms with E-state index in [9.17, 15) is 47.4 Å². The van der Waals surface area contributed by atoms with Gasteiger partial charge in [-0.25, -0.2) is 9.97 Å². The molecule has 0 unspecified atom stereocenters. The molecule has 0 N–H and O–H groups in total. The predicted octanol–water partition coefficient (Wildman–Crippen LogP) is 10.9. The molecule has 0 bridgehead atoms. The third-order valence-electron chi connectivity index (χ3n) is 8.66. The number of oxazole rings is 2. The molecule has 0 saturated carbocycles. The molecule has 0 radical (unpaired) electrons. The molecule has 5 aromatic carbocycles. The van der Waals surface area contributed by atoms with Crippen molar-refractivity contribution in [3.63, 3.8) is 0 Å². The molecule has 8 nitrogen and oxygen atoms in total. The van der Waals surface area contributed by atoms with Crippen molar-refractivity contribution in [3.8, 4) is 68.8 Å². The first-order valence-electron chi connectivity index (χ1n) is 15.8. The molecule has 2 aromatic heterocycles. The number of hydrogen-bond donors (Lipinski definition) is 0. The van der Waals surface area contributed by atoms with Crippen LogP contribution in [-0.2, 0) is 12.4 Å². The molecule has 14 heteroatoms. The molecule has 7 rings (SSSR count). The van der Waals surface area contributed by atoms with E-state index in [0.29, 0.717) is 0 Å². The summed E-state index contributed by atoms with van der Waals surface area (Å²) in [6, 6.07) is 28.6. The zero-order valence-corrected chi connectivity index (χ0v) is 27.2. The quantitative estimate of drug-likeness (QED) is 0.154. The van der Waals surface area contributed by atoms with Gasteiger partial charge >= 0.3 is 12.4 Å². The van der Waals surface area contributed by atoms with E-state index in [1.807, 2.05) is 0 Å². The first kappa shape index (κ1) is 35.0. The normalized spacial score (nSPS) is 11.8. The van der Waals surface area contributed by atoms with Crippen LogP contribution in [0.2, 0.25) is 0 Å². The second kappa shape index (κ2) is 13.3. The number of nitrogens with zero attached hydrogens (tertiary/aromatic N) is 6. The maximum atomic E-state index is 14.4. The third kappa shape index (κ3) is 5.82. The monoisotopic (exact) mass is 728 g/mol. The van der Waals surface area contributed by atoms with Crippen molar-refractivity contribution in [1.29, 1.82) is 21.0 Å². The fourth-order valence-electron chi connectivity index (χ4n) is 6.39. The Morgan fingerprint density at radius 3 is 1.06 bits per heavy atom. The van der Waals surface area contributed by atoms with Crippen LogP contribution in [0.3, 0.4) is 0 Å². The van der Waals surface area contributed by atoms with Gasteiger partial charge in [0.15, 0.2) is 11.2 Å². The molecule has 54 heavy (non-hydrogen) atoms. The van der Waals surface area contributed by atoms with Crippen LogP contribution >= 0.6 is 0 Å². The van der Waals surface area contributed by atoms with Gasteiger partial charge in [-0.15, -0.1) is 0 Å². The number of halogens is 6. The first-order valence-corrected chi connectivity index (χ1v) is 15.8. The topological polar surface area (TPSA) is 147 Å². The molecule has 7 aromatic rings. The van der Waals surface area contributed by atoms with Crippen molar-refractivity contribution in [2.75, 3.05) is 0 Å². The van der Waals surface area contributed by atoms with Crippen LogP contribution in [0.4, 0.5) is 26.3 Å². The van der Waals surface area contributed by atoms with Crippen LogP contribution in [0.1, 0.15) is 34.7 Å². The number of fused-ring (bicyclic) bond motifs is 2. The summed E-state index contributed by atoms with van der Waals surface area (Å²) in [5.74, 6) is -4.01. The number of aromatic nitrogens is 2. The molecular formula is C40H18F6N6O2. The van der Waals surface area contributed by atoms with E-state index >= 15 is 0 Å². The van der Waals surface area contributed by atoms with E-state index in [1.54, 1.807) is 24.3 Å². The molecule has 0 fully saturated rings. The lowest BCUT2D eigenvalue weighted by Crippen LogP contribution is -2.07. The Bertz CT molecular complexity index is 2520. The van der Waals surface area contributed by atoms with Gasteiger partial charge in [0.25, 0.3) is 0 Å². The maximum absolute atomic E-state index is 14.4. The highest BCUT2D eigenvalue weighted by Crippen LogP contribution is 2.50. The van der Waals surface area contributed by atoms with Crippen molar-refractivity contribution in [1.82, 2.24) is 9.97 Å². The van der Waals surface area contributed by atoms with E-state index in [4.69, 9.17) is 8.83 Å². The van der Waals surface area contributed by atoms with Crippen LogP contribution in [-0.4, -0.2) is 9.97 Å². The van der Waals surface area contributed by atoms with Crippen LogP contribution in [0.25, 0.3) is 66.7 Å². The highest BCUT2D eigenvalue weighted by atomic mass is 19.4. The predicted molar refractivity (Wildman–Crippen MR) is 181 cm³/mol. The van der Waals surface area contributed by atoms with Crippen LogP contribution in [0.15, 0.2) is 106 Å². The fraction of sp³-hybridized carbons (Fsp3) is 0.100. The van der Waals surface area contributed by atoms with Crippen molar-refractivity contribution < 1.29 is 35.2 Å². The second-order valence-corrected chi connectivity index (χ2v) is 11.8. The van der Waals surface area contributed by atoms with Crippen molar-refractivity contribution >= 4 is 22.2 Å². The maximum Gasteiger partial charge on any atom is 0.417 e. The average Bonchev–Trinajstić information content (AvgIpc) is 3.79. The van der Waals surface area contributed by atoms with Gasteiger partial charge in [0, 0.05) is 0 Å². The molecule has 0 spiro atoms. The van der Waals surface area contributed by atoms with Gasteiger partial charge in [0.05, 0.1) is 46.5 Å². The minimum atomic E-state index is -4.78. The van der Waals surface area contributed by atoms with Gasteiger partial charge in [-0.05, 0) is 45.5 Å². The van der Waals surface area contributed by atoms with Gasteiger partial charge in [-0.1, -0.05) is 84.9 Å².